The molecule has 0 saturated heterocycles. The van der Waals surface area contributed by atoms with Crippen molar-refractivity contribution in [3.8, 4) is 0 Å². The maximum atomic E-state index is 12.7. The lowest BCUT2D eigenvalue weighted by atomic mass is 9.95. The van der Waals surface area contributed by atoms with Gasteiger partial charge in [0.1, 0.15) is 19.3 Å². The highest BCUT2D eigenvalue weighted by molar-refractivity contribution is 5.83. The predicted molar refractivity (Wildman–Crippen MR) is 124 cm³/mol. The van der Waals surface area contributed by atoms with Crippen LogP contribution in [0.5, 0.6) is 0 Å². The van der Waals surface area contributed by atoms with Crippen LogP contribution in [0, 0.1) is 0 Å². The van der Waals surface area contributed by atoms with E-state index < -0.39 is 18.1 Å². The van der Waals surface area contributed by atoms with Gasteiger partial charge in [-0.15, -0.1) is 0 Å². The molecule has 1 aliphatic carbocycles. The van der Waals surface area contributed by atoms with Crippen LogP contribution in [0.3, 0.4) is 0 Å². The molecule has 0 aliphatic heterocycles. The van der Waals surface area contributed by atoms with E-state index in [2.05, 4.69) is 10.6 Å². The van der Waals surface area contributed by atoms with Crippen LogP contribution in [0.2, 0.25) is 0 Å². The average molecular weight is 453 g/mol. The Hall–Kier alpha value is -3.35. The van der Waals surface area contributed by atoms with Crippen molar-refractivity contribution in [3.63, 3.8) is 0 Å². The highest BCUT2D eigenvalue weighted by Crippen LogP contribution is 2.17. The van der Waals surface area contributed by atoms with E-state index in [1.54, 1.807) is 0 Å². The van der Waals surface area contributed by atoms with Gasteiger partial charge in [-0.05, 0) is 30.4 Å². The minimum Gasteiger partial charge on any atom is -0.459 e. The summed E-state index contributed by atoms with van der Waals surface area (Å²) in [6.45, 7) is 0.172. The molecule has 3 rings (SSSR count). The molecule has 7 nitrogen and oxygen atoms in total. The highest BCUT2D eigenvalue weighted by atomic mass is 16.6. The Morgan fingerprint density at radius 2 is 1.39 bits per heavy atom. The first-order chi connectivity index (χ1) is 16.1. The molecule has 1 aliphatic rings. The molecular weight excluding hydrogens is 420 g/mol. The Labute approximate surface area is 194 Å². The van der Waals surface area contributed by atoms with Gasteiger partial charge in [0.25, 0.3) is 0 Å². The fourth-order valence-electron chi connectivity index (χ4n) is 3.81. The summed E-state index contributed by atoms with van der Waals surface area (Å²) >= 11 is 0. The number of hydrogen-bond donors (Lipinski definition) is 2. The predicted octanol–water partition coefficient (Wildman–Crippen LogP) is 4.25. The van der Waals surface area contributed by atoms with Crippen molar-refractivity contribution < 1.29 is 23.9 Å². The molecular formula is C26H32N2O5. The van der Waals surface area contributed by atoms with E-state index in [0.717, 1.165) is 36.8 Å². The second-order valence-corrected chi connectivity index (χ2v) is 8.29. The van der Waals surface area contributed by atoms with Crippen LogP contribution in [-0.4, -0.2) is 30.1 Å². The van der Waals surface area contributed by atoms with Crippen molar-refractivity contribution in [1.82, 2.24) is 10.6 Å². The maximum absolute atomic E-state index is 12.7. The molecule has 1 atom stereocenters. The van der Waals surface area contributed by atoms with Gasteiger partial charge in [-0.2, -0.15) is 0 Å². The van der Waals surface area contributed by atoms with Gasteiger partial charge in [-0.1, -0.05) is 79.9 Å². The smallest absolute Gasteiger partial charge is 0.408 e. The molecule has 0 unspecified atom stereocenters. The number of amides is 2. The Bertz CT molecular complexity index is 882. The third-order valence-electron chi connectivity index (χ3n) is 5.64. The van der Waals surface area contributed by atoms with E-state index in [9.17, 15) is 14.4 Å². The minimum atomic E-state index is -0.978. The normalized spacial score (nSPS) is 14.7. The summed E-state index contributed by atoms with van der Waals surface area (Å²) in [6.07, 6.45) is 4.93. The van der Waals surface area contributed by atoms with Crippen LogP contribution in [0.1, 0.15) is 56.1 Å². The van der Waals surface area contributed by atoms with Gasteiger partial charge < -0.3 is 20.1 Å². The number of alkyl carbamates (subject to hydrolysis) is 1. The summed E-state index contributed by atoms with van der Waals surface area (Å²) < 4.78 is 10.6. The van der Waals surface area contributed by atoms with Crippen LogP contribution in [0.15, 0.2) is 60.7 Å². The lowest BCUT2D eigenvalue weighted by Gasteiger charge is -2.23. The van der Waals surface area contributed by atoms with E-state index in [4.69, 9.17) is 9.47 Å². The zero-order valence-electron chi connectivity index (χ0n) is 18.8. The number of benzene rings is 2. The second kappa shape index (κ2) is 13.3. The Morgan fingerprint density at radius 1 is 0.818 bits per heavy atom. The molecule has 0 radical (unpaired) electrons. The Morgan fingerprint density at radius 3 is 2.00 bits per heavy atom. The fourth-order valence-corrected chi connectivity index (χ4v) is 3.81. The lowest BCUT2D eigenvalue weighted by Crippen LogP contribution is -2.43. The lowest BCUT2D eigenvalue weighted by molar-refractivity contribution is -0.147. The molecule has 1 fully saturated rings. The Kier molecular flexibility index (Phi) is 9.76. The average Bonchev–Trinajstić information content (AvgIpc) is 2.85. The molecule has 2 aromatic rings. The number of carbonyl (C=O) groups is 3. The standard InChI is InChI=1S/C26H32N2O5/c29-24(27-22-14-8-3-9-15-22)17-16-23(25(30)32-18-20-10-4-1-5-11-20)28-26(31)33-19-21-12-6-2-7-13-21/h1-2,4-7,10-13,22-23H,3,8-9,14-19H2,(H,27,29)(H,28,31)/t23-/m0/s1. The van der Waals surface area contributed by atoms with Crippen LogP contribution >= 0.6 is 0 Å². The molecule has 1 saturated carbocycles. The first-order valence-corrected chi connectivity index (χ1v) is 11.6. The Balaban J connectivity index is 1.52. The minimum absolute atomic E-state index is 0.0840. The van der Waals surface area contributed by atoms with E-state index >= 15 is 0 Å². The van der Waals surface area contributed by atoms with Gasteiger partial charge >= 0.3 is 12.1 Å². The summed E-state index contributed by atoms with van der Waals surface area (Å²) in [5, 5.41) is 5.60. The molecule has 33 heavy (non-hydrogen) atoms. The van der Waals surface area contributed by atoms with Crippen molar-refractivity contribution >= 4 is 18.0 Å². The summed E-state index contributed by atoms with van der Waals surface area (Å²) in [5.74, 6) is -0.719. The third kappa shape index (κ3) is 8.96. The van der Waals surface area contributed by atoms with E-state index in [-0.39, 0.29) is 38.0 Å². The zero-order chi connectivity index (χ0) is 23.3. The quantitative estimate of drug-likeness (QED) is 0.526. The van der Waals surface area contributed by atoms with Crippen LogP contribution < -0.4 is 10.6 Å². The summed E-state index contributed by atoms with van der Waals surface area (Å²) in [6, 6.07) is 17.8. The van der Waals surface area contributed by atoms with Gasteiger partial charge in [0.2, 0.25) is 5.91 Å². The molecule has 2 N–H and O–H groups in total. The maximum Gasteiger partial charge on any atom is 0.408 e. The number of hydrogen-bond acceptors (Lipinski definition) is 5. The molecule has 7 heteroatoms. The van der Waals surface area contributed by atoms with E-state index in [1.165, 1.54) is 6.42 Å². The molecule has 0 bridgehead atoms. The molecule has 0 aromatic heterocycles. The van der Waals surface area contributed by atoms with Crippen molar-refractivity contribution in [2.45, 2.75) is 70.2 Å². The molecule has 0 spiro atoms. The summed E-state index contributed by atoms with van der Waals surface area (Å²) in [4.78, 5) is 37.4. The monoisotopic (exact) mass is 452 g/mol. The zero-order valence-corrected chi connectivity index (χ0v) is 18.8. The summed E-state index contributed by atoms with van der Waals surface area (Å²) in [5.41, 5.74) is 1.68. The third-order valence-corrected chi connectivity index (χ3v) is 5.64. The van der Waals surface area contributed by atoms with Crippen LogP contribution in [0.4, 0.5) is 4.79 Å². The van der Waals surface area contributed by atoms with Crippen molar-refractivity contribution in [2.75, 3.05) is 0 Å². The molecule has 176 valence electrons. The fraction of sp³-hybridized carbons (Fsp3) is 0.423. The molecule has 2 amide bonds. The first-order valence-electron chi connectivity index (χ1n) is 11.6. The van der Waals surface area contributed by atoms with Crippen molar-refractivity contribution in [3.05, 3.63) is 71.8 Å². The van der Waals surface area contributed by atoms with Gasteiger partial charge in [0, 0.05) is 12.5 Å². The highest BCUT2D eigenvalue weighted by Gasteiger charge is 2.25. The number of nitrogens with one attached hydrogen (secondary N) is 2. The van der Waals surface area contributed by atoms with E-state index in [0.29, 0.717) is 0 Å². The molecule has 0 heterocycles. The number of ether oxygens (including phenoxy) is 2. The SMILES string of the molecule is O=C(CC[C@H](NC(=O)OCc1ccccc1)C(=O)OCc1ccccc1)NC1CCCCC1. The van der Waals surface area contributed by atoms with Gasteiger partial charge in [-0.3, -0.25) is 4.79 Å². The van der Waals surface area contributed by atoms with Crippen molar-refractivity contribution in [2.24, 2.45) is 0 Å². The van der Waals surface area contributed by atoms with Crippen LogP contribution in [0.25, 0.3) is 0 Å². The van der Waals surface area contributed by atoms with Crippen molar-refractivity contribution in [1.29, 1.82) is 0 Å². The molecule has 2 aromatic carbocycles. The number of carbonyl (C=O) groups excluding carboxylic acids is 3. The summed E-state index contributed by atoms with van der Waals surface area (Å²) in [7, 11) is 0. The van der Waals surface area contributed by atoms with Gasteiger partial charge in [0.05, 0.1) is 0 Å². The first kappa shape index (κ1) is 24.3. The number of esters is 1. The van der Waals surface area contributed by atoms with Gasteiger partial charge in [-0.25, -0.2) is 9.59 Å². The largest absolute Gasteiger partial charge is 0.459 e. The topological polar surface area (TPSA) is 93.7 Å². The number of rotatable bonds is 10. The van der Waals surface area contributed by atoms with E-state index in [1.807, 2.05) is 60.7 Å². The second-order valence-electron chi connectivity index (χ2n) is 8.29. The van der Waals surface area contributed by atoms with Crippen LogP contribution in [-0.2, 0) is 32.3 Å². The van der Waals surface area contributed by atoms with Gasteiger partial charge in [0.15, 0.2) is 0 Å².